The Morgan fingerprint density at radius 1 is 1.11 bits per heavy atom. The van der Waals surface area contributed by atoms with Crippen LogP contribution in [0.4, 0.5) is 0 Å². The minimum atomic E-state index is -0.396. The van der Waals surface area contributed by atoms with Gasteiger partial charge < -0.3 is 9.47 Å². The average molecular weight is 254 g/mol. The first-order valence-electron chi connectivity index (χ1n) is 6.61. The highest BCUT2D eigenvalue weighted by atomic mass is 16.7. The third-order valence-corrected chi connectivity index (χ3v) is 2.59. The Morgan fingerprint density at radius 2 is 1.78 bits per heavy atom. The van der Waals surface area contributed by atoms with E-state index in [1.807, 2.05) is 0 Å². The van der Waals surface area contributed by atoms with Crippen molar-refractivity contribution in [3.05, 3.63) is 24.3 Å². The molecule has 0 rings (SSSR count). The van der Waals surface area contributed by atoms with Crippen molar-refractivity contribution in [2.24, 2.45) is 0 Å². The van der Waals surface area contributed by atoms with Crippen molar-refractivity contribution in [3.8, 4) is 0 Å². The number of allylic oxidation sites excluding steroid dienone is 4. The fraction of sp³-hybridized carbons (Fsp3) is 0.667. The van der Waals surface area contributed by atoms with Crippen LogP contribution < -0.4 is 0 Å². The molecule has 0 aromatic heterocycles. The summed E-state index contributed by atoms with van der Waals surface area (Å²) in [5.74, 6) is 0.197. The third kappa shape index (κ3) is 10.2. The Balaban J connectivity index is 3.53. The lowest BCUT2D eigenvalue weighted by atomic mass is 10.1. The predicted molar refractivity (Wildman–Crippen MR) is 74.5 cm³/mol. The molecular formula is C15H26O3. The number of unbranched alkanes of at least 4 members (excludes halogenated alkanes) is 1. The van der Waals surface area contributed by atoms with Gasteiger partial charge in [0, 0.05) is 20.6 Å². The van der Waals surface area contributed by atoms with E-state index < -0.39 is 6.29 Å². The minimum Gasteiger partial charge on any atom is -0.355 e. The van der Waals surface area contributed by atoms with Crippen LogP contribution in [0.25, 0.3) is 0 Å². The summed E-state index contributed by atoms with van der Waals surface area (Å²) in [4.78, 5) is 11.6. The molecule has 104 valence electrons. The van der Waals surface area contributed by atoms with Gasteiger partial charge in [0.05, 0.1) is 6.42 Å². The predicted octanol–water partition coefficient (Wildman–Crippen LogP) is 3.65. The highest BCUT2D eigenvalue weighted by Gasteiger charge is 2.10. The Bertz CT molecular complexity index is 252. The van der Waals surface area contributed by atoms with Gasteiger partial charge >= 0.3 is 0 Å². The van der Waals surface area contributed by atoms with Crippen molar-refractivity contribution in [1.29, 1.82) is 0 Å². The second-order valence-corrected chi connectivity index (χ2v) is 4.12. The van der Waals surface area contributed by atoms with Crippen molar-refractivity contribution >= 4 is 5.78 Å². The van der Waals surface area contributed by atoms with E-state index in [1.54, 1.807) is 14.2 Å². The van der Waals surface area contributed by atoms with Crippen LogP contribution in [0.2, 0.25) is 0 Å². The van der Waals surface area contributed by atoms with Gasteiger partial charge in [0.2, 0.25) is 0 Å². The van der Waals surface area contributed by atoms with E-state index in [9.17, 15) is 4.79 Å². The van der Waals surface area contributed by atoms with Gasteiger partial charge in [0.25, 0.3) is 0 Å². The van der Waals surface area contributed by atoms with Gasteiger partial charge in [0.1, 0.15) is 5.78 Å². The van der Waals surface area contributed by atoms with Crippen LogP contribution in [-0.4, -0.2) is 26.3 Å². The summed E-state index contributed by atoms with van der Waals surface area (Å²) in [5.41, 5.74) is 0. The number of ether oxygens (including phenoxy) is 2. The van der Waals surface area contributed by atoms with Crippen LogP contribution >= 0.6 is 0 Å². The largest absolute Gasteiger partial charge is 0.355 e. The molecule has 3 nitrogen and oxygen atoms in total. The molecule has 0 heterocycles. The zero-order valence-electron chi connectivity index (χ0n) is 11.9. The molecule has 18 heavy (non-hydrogen) atoms. The second kappa shape index (κ2) is 12.5. The maximum Gasteiger partial charge on any atom is 0.163 e. The number of carbonyl (C=O) groups excluding carboxylic acids is 1. The average Bonchev–Trinajstić information content (AvgIpc) is 2.39. The molecule has 0 saturated carbocycles. The SMILES string of the molecule is CC/C=C\C/C=C\CCCC(=O)CC(OC)OC. The molecule has 0 bridgehead atoms. The Morgan fingerprint density at radius 3 is 2.39 bits per heavy atom. The van der Waals surface area contributed by atoms with Gasteiger partial charge in [-0.3, -0.25) is 4.79 Å². The summed E-state index contributed by atoms with van der Waals surface area (Å²) < 4.78 is 9.98. The lowest BCUT2D eigenvalue weighted by Crippen LogP contribution is -2.17. The van der Waals surface area contributed by atoms with Crippen molar-refractivity contribution in [3.63, 3.8) is 0 Å². The van der Waals surface area contributed by atoms with E-state index in [0.717, 1.165) is 25.7 Å². The van der Waals surface area contributed by atoms with Crippen molar-refractivity contribution in [2.45, 2.75) is 51.7 Å². The van der Waals surface area contributed by atoms with Crippen LogP contribution in [0.5, 0.6) is 0 Å². The zero-order chi connectivity index (χ0) is 13.6. The van der Waals surface area contributed by atoms with Crippen LogP contribution in [0.1, 0.15) is 45.4 Å². The molecule has 3 heteroatoms. The van der Waals surface area contributed by atoms with Crippen LogP contribution in [0.3, 0.4) is 0 Å². The van der Waals surface area contributed by atoms with Gasteiger partial charge in [-0.1, -0.05) is 31.2 Å². The topological polar surface area (TPSA) is 35.5 Å². The molecule has 0 N–H and O–H groups in total. The summed E-state index contributed by atoms with van der Waals surface area (Å²) in [7, 11) is 3.10. The van der Waals surface area contributed by atoms with Crippen LogP contribution in [0.15, 0.2) is 24.3 Å². The van der Waals surface area contributed by atoms with E-state index in [-0.39, 0.29) is 5.78 Å². The van der Waals surface area contributed by atoms with E-state index in [0.29, 0.717) is 12.8 Å². The fourth-order valence-electron chi connectivity index (χ4n) is 1.52. The highest BCUT2D eigenvalue weighted by Crippen LogP contribution is 2.05. The Kier molecular flexibility index (Phi) is 11.9. The summed E-state index contributed by atoms with van der Waals surface area (Å²) in [6, 6.07) is 0. The van der Waals surface area contributed by atoms with Crippen LogP contribution in [0, 0.1) is 0 Å². The molecule has 0 unspecified atom stereocenters. The molecule has 0 atom stereocenters. The van der Waals surface area contributed by atoms with Crippen LogP contribution in [-0.2, 0) is 14.3 Å². The molecule has 0 amide bonds. The van der Waals surface area contributed by atoms with Gasteiger partial charge in [-0.25, -0.2) is 0 Å². The van der Waals surface area contributed by atoms with Crippen molar-refractivity contribution in [2.75, 3.05) is 14.2 Å². The zero-order valence-corrected chi connectivity index (χ0v) is 11.9. The number of methoxy groups -OCH3 is 2. The molecular weight excluding hydrogens is 228 g/mol. The molecule has 0 aliphatic rings. The molecule has 0 saturated heterocycles. The first-order valence-corrected chi connectivity index (χ1v) is 6.61. The monoisotopic (exact) mass is 254 g/mol. The van der Waals surface area contributed by atoms with Crippen molar-refractivity contribution < 1.29 is 14.3 Å². The molecule has 0 fully saturated rings. The Hall–Kier alpha value is -0.930. The summed E-state index contributed by atoms with van der Waals surface area (Å²) in [6.07, 6.45) is 13.1. The molecule has 0 aromatic carbocycles. The first kappa shape index (κ1) is 17.1. The lowest BCUT2D eigenvalue weighted by Gasteiger charge is -2.11. The first-order chi connectivity index (χ1) is 8.74. The standard InChI is InChI=1S/C15H26O3/c1-4-5-6-7-8-9-10-11-12-14(16)13-15(17-2)18-3/h5-6,8-9,15H,4,7,10-13H2,1-3H3/b6-5-,9-8-. The van der Waals surface area contributed by atoms with E-state index >= 15 is 0 Å². The maximum atomic E-state index is 11.6. The highest BCUT2D eigenvalue weighted by molar-refractivity contribution is 5.78. The number of ketones is 1. The molecule has 0 aliphatic carbocycles. The van der Waals surface area contributed by atoms with E-state index in [4.69, 9.17) is 9.47 Å². The minimum absolute atomic E-state index is 0.197. The Labute approximate surface area is 111 Å². The summed E-state index contributed by atoms with van der Waals surface area (Å²) in [5, 5.41) is 0. The van der Waals surface area contributed by atoms with Gasteiger partial charge in [-0.15, -0.1) is 0 Å². The van der Waals surface area contributed by atoms with Gasteiger partial charge in [0.15, 0.2) is 6.29 Å². The number of hydrogen-bond acceptors (Lipinski definition) is 3. The number of Topliss-reactive ketones (excluding diaryl/α,β-unsaturated/α-hetero) is 1. The quantitative estimate of drug-likeness (QED) is 0.321. The van der Waals surface area contributed by atoms with E-state index in [2.05, 4.69) is 31.2 Å². The van der Waals surface area contributed by atoms with Crippen molar-refractivity contribution in [1.82, 2.24) is 0 Å². The van der Waals surface area contributed by atoms with Gasteiger partial charge in [-0.05, 0) is 25.7 Å². The number of hydrogen-bond donors (Lipinski definition) is 0. The summed E-state index contributed by atoms with van der Waals surface area (Å²) in [6.45, 7) is 2.12. The third-order valence-electron chi connectivity index (χ3n) is 2.59. The lowest BCUT2D eigenvalue weighted by molar-refractivity contribution is -0.137. The van der Waals surface area contributed by atoms with E-state index in [1.165, 1.54) is 0 Å². The molecule has 0 spiro atoms. The van der Waals surface area contributed by atoms with Gasteiger partial charge in [-0.2, -0.15) is 0 Å². The maximum absolute atomic E-state index is 11.6. The molecule has 0 aromatic rings. The second-order valence-electron chi connectivity index (χ2n) is 4.12. The summed E-state index contributed by atoms with van der Waals surface area (Å²) >= 11 is 0. The normalized spacial score (nSPS) is 12.0. The fourth-order valence-corrected chi connectivity index (χ4v) is 1.52. The molecule has 0 radical (unpaired) electrons. The number of rotatable bonds is 11. The number of carbonyl (C=O) groups is 1. The smallest absolute Gasteiger partial charge is 0.163 e. The molecule has 0 aliphatic heterocycles.